The molecule has 0 radical (unpaired) electrons. The van der Waals surface area contributed by atoms with Gasteiger partial charge in [0, 0.05) is 28.1 Å². The molecule has 1 aromatic heterocycles. The first-order valence-electron chi connectivity index (χ1n) is 19.9. The largest absolute Gasteiger partial charge is 0.310 e. The number of hydrogen-bond acceptors (Lipinski definition) is 4. The summed E-state index contributed by atoms with van der Waals surface area (Å²) in [5.74, 6) is 1.80. The Hall–Kier alpha value is -7.95. The molecule has 1 heterocycles. The number of nitrogens with zero attached hydrogens (tertiary/aromatic N) is 4. The molecular formula is C55H38N4. The highest BCUT2D eigenvalue weighted by atomic mass is 15.2. The van der Waals surface area contributed by atoms with Gasteiger partial charge in [-0.2, -0.15) is 0 Å². The van der Waals surface area contributed by atoms with Gasteiger partial charge in [0.05, 0.1) is 5.69 Å². The van der Waals surface area contributed by atoms with Gasteiger partial charge in [-0.05, 0) is 92.7 Å². The molecule has 10 rings (SSSR count). The summed E-state index contributed by atoms with van der Waals surface area (Å²) >= 11 is 0. The lowest BCUT2D eigenvalue weighted by molar-refractivity contribution is 1.07. The van der Waals surface area contributed by atoms with Gasteiger partial charge >= 0.3 is 0 Å². The molecule has 0 spiro atoms. The average molecular weight is 755 g/mol. The molecule has 4 heteroatoms. The summed E-state index contributed by atoms with van der Waals surface area (Å²) in [7, 11) is 0. The van der Waals surface area contributed by atoms with Crippen LogP contribution in [-0.4, -0.2) is 15.0 Å². The van der Waals surface area contributed by atoms with Crippen molar-refractivity contribution >= 4 is 27.8 Å². The van der Waals surface area contributed by atoms with Crippen molar-refractivity contribution in [2.75, 3.05) is 4.90 Å². The number of benzene rings is 9. The van der Waals surface area contributed by atoms with Crippen LogP contribution >= 0.6 is 0 Å². The van der Waals surface area contributed by atoms with E-state index in [-0.39, 0.29) is 0 Å². The third-order valence-corrected chi connectivity index (χ3v) is 10.7. The Morgan fingerprint density at radius 3 is 1.42 bits per heavy atom. The van der Waals surface area contributed by atoms with Gasteiger partial charge < -0.3 is 4.90 Å². The Bertz CT molecular complexity index is 3020. The molecule has 0 amide bonds. The molecule has 59 heavy (non-hydrogen) atoms. The molecule has 0 saturated heterocycles. The molecule has 0 aliphatic heterocycles. The predicted molar refractivity (Wildman–Crippen MR) is 245 cm³/mol. The molecule has 10 aromatic rings. The van der Waals surface area contributed by atoms with Crippen molar-refractivity contribution in [3.63, 3.8) is 0 Å². The summed E-state index contributed by atoms with van der Waals surface area (Å²) in [5.41, 5.74) is 12.6. The van der Waals surface area contributed by atoms with E-state index in [0.717, 1.165) is 61.6 Å². The molecule has 0 aliphatic rings. The fourth-order valence-electron chi connectivity index (χ4n) is 7.70. The van der Waals surface area contributed by atoms with Gasteiger partial charge in [-0.3, -0.25) is 0 Å². The van der Waals surface area contributed by atoms with Crippen LogP contribution in [0.2, 0.25) is 0 Å². The topological polar surface area (TPSA) is 41.9 Å². The molecule has 0 fully saturated rings. The lowest BCUT2D eigenvalue weighted by Crippen LogP contribution is -2.12. The van der Waals surface area contributed by atoms with Crippen LogP contribution in [0.15, 0.2) is 231 Å². The Labute approximate surface area is 344 Å². The molecule has 0 N–H and O–H groups in total. The Balaban J connectivity index is 1.10. The molecule has 0 aliphatic carbocycles. The first-order chi connectivity index (χ1) is 29.2. The van der Waals surface area contributed by atoms with Crippen LogP contribution in [0.5, 0.6) is 0 Å². The van der Waals surface area contributed by atoms with Crippen molar-refractivity contribution in [1.29, 1.82) is 0 Å². The summed E-state index contributed by atoms with van der Waals surface area (Å²) < 4.78 is 0. The fourth-order valence-corrected chi connectivity index (χ4v) is 7.70. The summed E-state index contributed by atoms with van der Waals surface area (Å²) in [6.07, 6.45) is 0. The number of para-hydroxylation sites is 2. The van der Waals surface area contributed by atoms with Gasteiger partial charge in [0.25, 0.3) is 0 Å². The standard InChI is InChI=1S/C55H38N4/c1-4-15-39(16-5-1)42-27-30-44(31-28-42)53-56-54(48-22-14-21-46(38-48)40-17-6-2-7-18-40)58-55(57-53)51-25-12-13-26-52(51)59(49-23-8-3-9-24-49)50-35-33-43(34-36-50)47-32-29-41-19-10-11-20-45(41)37-47/h1-38H. The maximum atomic E-state index is 5.26. The highest BCUT2D eigenvalue weighted by Crippen LogP contribution is 2.41. The molecule has 4 nitrogen and oxygen atoms in total. The van der Waals surface area contributed by atoms with Crippen molar-refractivity contribution in [1.82, 2.24) is 15.0 Å². The number of rotatable bonds is 9. The predicted octanol–water partition coefficient (Wildman–Crippen LogP) is 14.5. The van der Waals surface area contributed by atoms with Crippen LogP contribution < -0.4 is 4.90 Å². The minimum Gasteiger partial charge on any atom is -0.310 e. The maximum absolute atomic E-state index is 5.26. The highest BCUT2D eigenvalue weighted by molar-refractivity contribution is 5.90. The molecule has 0 saturated carbocycles. The lowest BCUT2D eigenvalue weighted by atomic mass is 10.0. The van der Waals surface area contributed by atoms with Gasteiger partial charge in [-0.25, -0.2) is 15.0 Å². The molecule has 0 atom stereocenters. The van der Waals surface area contributed by atoms with E-state index in [1.165, 1.54) is 16.3 Å². The molecule has 0 unspecified atom stereocenters. The molecule has 9 aromatic carbocycles. The lowest BCUT2D eigenvalue weighted by Gasteiger charge is -2.27. The van der Waals surface area contributed by atoms with Gasteiger partial charge in [-0.1, -0.05) is 182 Å². The Morgan fingerprint density at radius 2 is 0.695 bits per heavy atom. The second-order valence-electron chi connectivity index (χ2n) is 14.5. The van der Waals surface area contributed by atoms with Crippen LogP contribution in [0.3, 0.4) is 0 Å². The van der Waals surface area contributed by atoms with Crippen molar-refractivity contribution in [3.8, 4) is 67.5 Å². The van der Waals surface area contributed by atoms with Gasteiger partial charge in [0.2, 0.25) is 0 Å². The number of fused-ring (bicyclic) bond motifs is 1. The van der Waals surface area contributed by atoms with Crippen LogP contribution in [0, 0.1) is 0 Å². The zero-order valence-corrected chi connectivity index (χ0v) is 32.2. The minimum absolute atomic E-state index is 0.589. The third-order valence-electron chi connectivity index (χ3n) is 10.7. The first-order valence-corrected chi connectivity index (χ1v) is 19.9. The van der Waals surface area contributed by atoms with E-state index in [1.54, 1.807) is 0 Å². The summed E-state index contributed by atoms with van der Waals surface area (Å²) in [6.45, 7) is 0. The van der Waals surface area contributed by atoms with E-state index in [0.29, 0.717) is 17.5 Å². The first kappa shape index (κ1) is 35.5. The highest BCUT2D eigenvalue weighted by Gasteiger charge is 2.21. The Morgan fingerprint density at radius 1 is 0.254 bits per heavy atom. The van der Waals surface area contributed by atoms with Crippen LogP contribution in [0.4, 0.5) is 17.1 Å². The van der Waals surface area contributed by atoms with Crippen LogP contribution in [0.1, 0.15) is 0 Å². The fraction of sp³-hybridized carbons (Fsp3) is 0. The van der Waals surface area contributed by atoms with Crippen LogP contribution in [-0.2, 0) is 0 Å². The third kappa shape index (κ3) is 7.39. The van der Waals surface area contributed by atoms with Crippen molar-refractivity contribution in [3.05, 3.63) is 231 Å². The summed E-state index contributed by atoms with van der Waals surface area (Å²) in [6, 6.07) is 80.5. The zero-order chi connectivity index (χ0) is 39.4. The SMILES string of the molecule is c1ccc(-c2ccc(-c3nc(-c4cccc(-c5ccccc5)c4)nc(-c4ccccc4N(c4ccccc4)c4ccc(-c5ccc6ccccc6c5)cc4)n3)cc2)cc1. The second kappa shape index (κ2) is 15.9. The van der Waals surface area contributed by atoms with Gasteiger partial charge in [-0.15, -0.1) is 0 Å². The number of anilines is 3. The molecule has 0 bridgehead atoms. The molecular weight excluding hydrogens is 717 g/mol. The van der Waals surface area contributed by atoms with Crippen molar-refractivity contribution in [2.45, 2.75) is 0 Å². The summed E-state index contributed by atoms with van der Waals surface area (Å²) in [4.78, 5) is 17.9. The van der Waals surface area contributed by atoms with E-state index >= 15 is 0 Å². The van der Waals surface area contributed by atoms with Gasteiger partial charge in [0.1, 0.15) is 0 Å². The minimum atomic E-state index is 0.589. The van der Waals surface area contributed by atoms with E-state index in [2.05, 4.69) is 217 Å². The Kier molecular flexibility index (Phi) is 9.55. The van der Waals surface area contributed by atoms with Gasteiger partial charge in [0.15, 0.2) is 17.5 Å². The number of aromatic nitrogens is 3. The zero-order valence-electron chi connectivity index (χ0n) is 32.2. The average Bonchev–Trinajstić information content (AvgIpc) is 3.33. The quantitative estimate of drug-likeness (QED) is 0.147. The normalized spacial score (nSPS) is 11.1. The van der Waals surface area contributed by atoms with E-state index < -0.39 is 0 Å². The monoisotopic (exact) mass is 754 g/mol. The maximum Gasteiger partial charge on any atom is 0.166 e. The summed E-state index contributed by atoms with van der Waals surface area (Å²) in [5, 5.41) is 2.46. The van der Waals surface area contributed by atoms with E-state index in [1.807, 2.05) is 18.2 Å². The second-order valence-corrected chi connectivity index (χ2v) is 14.5. The molecule has 278 valence electrons. The van der Waals surface area contributed by atoms with E-state index in [4.69, 9.17) is 15.0 Å². The van der Waals surface area contributed by atoms with Crippen molar-refractivity contribution in [2.24, 2.45) is 0 Å². The number of hydrogen-bond donors (Lipinski definition) is 0. The van der Waals surface area contributed by atoms with Crippen molar-refractivity contribution < 1.29 is 0 Å². The van der Waals surface area contributed by atoms with E-state index in [9.17, 15) is 0 Å². The smallest absolute Gasteiger partial charge is 0.166 e. The van der Waals surface area contributed by atoms with Crippen LogP contribution in [0.25, 0.3) is 78.3 Å².